The number of para-hydroxylation sites is 1. The molecule has 4 heteroatoms. The summed E-state index contributed by atoms with van der Waals surface area (Å²) in [5.41, 5.74) is 6.86. The van der Waals surface area contributed by atoms with Crippen molar-refractivity contribution < 1.29 is 4.92 Å². The molecule has 1 rings (SSSR count). The van der Waals surface area contributed by atoms with E-state index >= 15 is 0 Å². The molecule has 0 spiro atoms. The lowest BCUT2D eigenvalue weighted by atomic mass is 10.1. The van der Waals surface area contributed by atoms with Crippen molar-refractivity contribution >= 4 is 5.69 Å². The van der Waals surface area contributed by atoms with Crippen LogP contribution < -0.4 is 5.73 Å². The Kier molecular flexibility index (Phi) is 2.64. The summed E-state index contributed by atoms with van der Waals surface area (Å²) in [6.07, 6.45) is 0.194. The van der Waals surface area contributed by atoms with Crippen LogP contribution >= 0.6 is 0 Å². The van der Waals surface area contributed by atoms with Gasteiger partial charge in [0.05, 0.1) is 11.3 Å². The summed E-state index contributed by atoms with van der Waals surface area (Å²) in [7, 11) is 0. The van der Waals surface area contributed by atoms with Gasteiger partial charge in [0.15, 0.2) is 0 Å². The average Bonchev–Trinajstić information content (AvgIpc) is 2.08. The Morgan fingerprint density at radius 1 is 1.54 bits per heavy atom. The van der Waals surface area contributed by atoms with Crippen molar-refractivity contribution in [3.05, 3.63) is 52.2 Å². The monoisotopic (exact) mass is 178 g/mol. The van der Waals surface area contributed by atoms with Gasteiger partial charge in [-0.25, -0.2) is 0 Å². The molecule has 4 nitrogen and oxygen atoms in total. The molecule has 0 bridgehead atoms. The molecule has 0 atom stereocenters. The Balaban J connectivity index is 2.81. The van der Waals surface area contributed by atoms with Gasteiger partial charge in [-0.2, -0.15) is 0 Å². The lowest BCUT2D eigenvalue weighted by Crippen LogP contribution is -2.02. The van der Waals surface area contributed by atoms with Crippen LogP contribution in [0.25, 0.3) is 0 Å². The third-order valence-electron chi connectivity index (χ3n) is 1.71. The molecule has 1 aromatic rings. The topological polar surface area (TPSA) is 69.2 Å². The molecule has 0 saturated carbocycles. The van der Waals surface area contributed by atoms with Crippen LogP contribution in [0.1, 0.15) is 5.56 Å². The van der Waals surface area contributed by atoms with Crippen LogP contribution in [0.2, 0.25) is 0 Å². The predicted octanol–water partition coefficient (Wildman–Crippen LogP) is 1.60. The standard InChI is InChI=1S/C9H10N2O2/c1-7(11(12)13)6-8-4-2-3-5-9(8)10/h2-5H,1,6,10H2. The fraction of sp³-hybridized carbons (Fsp3) is 0.111. The van der Waals surface area contributed by atoms with Crippen molar-refractivity contribution in [1.29, 1.82) is 0 Å². The van der Waals surface area contributed by atoms with Gasteiger partial charge in [0, 0.05) is 5.69 Å². The summed E-state index contributed by atoms with van der Waals surface area (Å²) in [4.78, 5) is 9.79. The van der Waals surface area contributed by atoms with Crippen LogP contribution in [-0.2, 0) is 6.42 Å². The second-order valence-corrected chi connectivity index (χ2v) is 2.70. The van der Waals surface area contributed by atoms with E-state index in [4.69, 9.17) is 5.73 Å². The Labute approximate surface area is 75.8 Å². The molecule has 0 aromatic heterocycles. The van der Waals surface area contributed by atoms with Crippen LogP contribution in [0.5, 0.6) is 0 Å². The summed E-state index contributed by atoms with van der Waals surface area (Å²) in [6, 6.07) is 7.04. The van der Waals surface area contributed by atoms with Gasteiger partial charge in [-0.3, -0.25) is 10.1 Å². The van der Waals surface area contributed by atoms with Crippen LogP contribution in [0.3, 0.4) is 0 Å². The summed E-state index contributed by atoms with van der Waals surface area (Å²) in [6.45, 7) is 3.34. The van der Waals surface area contributed by atoms with Crippen molar-refractivity contribution in [1.82, 2.24) is 0 Å². The van der Waals surface area contributed by atoms with Crippen molar-refractivity contribution in [3.63, 3.8) is 0 Å². The first-order valence-electron chi connectivity index (χ1n) is 3.77. The van der Waals surface area contributed by atoms with Crippen LogP contribution in [0.4, 0.5) is 5.69 Å². The smallest absolute Gasteiger partial charge is 0.243 e. The first-order chi connectivity index (χ1) is 6.11. The Morgan fingerprint density at radius 3 is 2.69 bits per heavy atom. The number of anilines is 1. The highest BCUT2D eigenvalue weighted by molar-refractivity contribution is 5.47. The number of rotatable bonds is 3. The maximum atomic E-state index is 10.3. The molecular weight excluding hydrogens is 168 g/mol. The highest BCUT2D eigenvalue weighted by atomic mass is 16.6. The zero-order valence-corrected chi connectivity index (χ0v) is 7.06. The van der Waals surface area contributed by atoms with Crippen molar-refractivity contribution in [2.45, 2.75) is 6.42 Å². The summed E-state index contributed by atoms with van der Waals surface area (Å²) in [5.74, 6) is 0. The van der Waals surface area contributed by atoms with Crippen LogP contribution in [-0.4, -0.2) is 4.92 Å². The molecule has 68 valence electrons. The zero-order valence-electron chi connectivity index (χ0n) is 7.06. The molecule has 0 aliphatic heterocycles. The van der Waals surface area contributed by atoms with E-state index in [1.165, 1.54) is 0 Å². The number of nitrogen functional groups attached to an aromatic ring is 1. The van der Waals surface area contributed by atoms with E-state index in [9.17, 15) is 10.1 Å². The van der Waals surface area contributed by atoms with E-state index in [-0.39, 0.29) is 12.1 Å². The minimum absolute atomic E-state index is 0.0436. The van der Waals surface area contributed by atoms with Gasteiger partial charge in [0.1, 0.15) is 0 Å². The third kappa shape index (κ3) is 2.30. The molecule has 0 unspecified atom stereocenters. The van der Waals surface area contributed by atoms with E-state index in [2.05, 4.69) is 6.58 Å². The maximum Gasteiger partial charge on any atom is 0.243 e. The quantitative estimate of drug-likeness (QED) is 0.434. The number of hydrogen-bond donors (Lipinski definition) is 1. The van der Waals surface area contributed by atoms with Gasteiger partial charge < -0.3 is 5.73 Å². The molecule has 1 aromatic carbocycles. The number of benzene rings is 1. The van der Waals surface area contributed by atoms with E-state index in [0.717, 1.165) is 5.56 Å². The molecule has 2 N–H and O–H groups in total. The van der Waals surface area contributed by atoms with Crippen molar-refractivity contribution in [2.24, 2.45) is 0 Å². The minimum Gasteiger partial charge on any atom is -0.398 e. The summed E-state index contributed by atoms with van der Waals surface area (Å²) >= 11 is 0. The van der Waals surface area contributed by atoms with Crippen LogP contribution in [0, 0.1) is 10.1 Å². The maximum absolute atomic E-state index is 10.3. The highest BCUT2D eigenvalue weighted by Crippen LogP contribution is 2.14. The number of nitrogens with zero attached hydrogens (tertiary/aromatic N) is 1. The number of nitrogens with two attached hydrogens (primary N) is 1. The van der Waals surface area contributed by atoms with Crippen molar-refractivity contribution in [3.8, 4) is 0 Å². The van der Waals surface area contributed by atoms with Gasteiger partial charge in [-0.15, -0.1) is 0 Å². The summed E-state index contributed by atoms with van der Waals surface area (Å²) < 4.78 is 0. The van der Waals surface area contributed by atoms with Gasteiger partial charge in [-0.05, 0) is 18.2 Å². The number of hydrogen-bond acceptors (Lipinski definition) is 3. The molecular formula is C9H10N2O2. The molecule has 0 heterocycles. The Hall–Kier alpha value is -1.84. The molecule has 0 aliphatic carbocycles. The van der Waals surface area contributed by atoms with Gasteiger partial charge in [0.25, 0.3) is 0 Å². The highest BCUT2D eigenvalue weighted by Gasteiger charge is 2.09. The molecule has 0 radical (unpaired) electrons. The fourth-order valence-corrected chi connectivity index (χ4v) is 0.980. The molecule has 0 amide bonds. The molecule has 0 saturated heterocycles. The largest absolute Gasteiger partial charge is 0.398 e. The molecule has 13 heavy (non-hydrogen) atoms. The SMILES string of the molecule is C=C(Cc1ccccc1N)[N+](=O)[O-]. The zero-order chi connectivity index (χ0) is 9.84. The summed E-state index contributed by atoms with van der Waals surface area (Å²) in [5, 5.41) is 10.3. The number of nitro groups is 1. The van der Waals surface area contributed by atoms with E-state index < -0.39 is 4.92 Å². The van der Waals surface area contributed by atoms with Gasteiger partial charge in [0.2, 0.25) is 5.70 Å². The predicted molar refractivity (Wildman–Crippen MR) is 50.7 cm³/mol. The molecule has 0 fully saturated rings. The first kappa shape index (κ1) is 9.25. The van der Waals surface area contributed by atoms with Gasteiger partial charge in [-0.1, -0.05) is 18.2 Å². The van der Waals surface area contributed by atoms with E-state index in [1.54, 1.807) is 24.3 Å². The average molecular weight is 178 g/mol. The first-order valence-corrected chi connectivity index (χ1v) is 3.77. The lowest BCUT2D eigenvalue weighted by molar-refractivity contribution is -0.426. The third-order valence-corrected chi connectivity index (χ3v) is 1.71. The fourth-order valence-electron chi connectivity index (χ4n) is 0.980. The van der Waals surface area contributed by atoms with Gasteiger partial charge >= 0.3 is 0 Å². The Morgan fingerprint density at radius 2 is 2.15 bits per heavy atom. The minimum atomic E-state index is -0.494. The second-order valence-electron chi connectivity index (χ2n) is 2.70. The second kappa shape index (κ2) is 3.71. The van der Waals surface area contributed by atoms with E-state index in [1.807, 2.05) is 0 Å². The molecule has 0 aliphatic rings. The number of allylic oxidation sites excluding steroid dienone is 1. The van der Waals surface area contributed by atoms with Crippen molar-refractivity contribution in [2.75, 3.05) is 5.73 Å². The normalized spacial score (nSPS) is 9.54. The van der Waals surface area contributed by atoms with Crippen LogP contribution in [0.15, 0.2) is 36.5 Å². The van der Waals surface area contributed by atoms with E-state index in [0.29, 0.717) is 5.69 Å². The lowest BCUT2D eigenvalue weighted by Gasteiger charge is -2.01. The Bertz CT molecular complexity index is 347.